The molecule has 8 nitrogen and oxygen atoms in total. The first kappa shape index (κ1) is 14.9. The van der Waals surface area contributed by atoms with E-state index in [1.165, 1.54) is 6.20 Å². The fourth-order valence-electron chi connectivity index (χ4n) is 1.96. The molecule has 0 radical (unpaired) electrons. The summed E-state index contributed by atoms with van der Waals surface area (Å²) in [4.78, 5) is 14.7. The molecule has 0 aromatic carbocycles. The van der Waals surface area contributed by atoms with Crippen LogP contribution >= 0.6 is 0 Å². The molecule has 0 bridgehead atoms. The van der Waals surface area contributed by atoms with Gasteiger partial charge in [-0.25, -0.2) is 14.2 Å². The maximum Gasteiger partial charge on any atom is 0.436 e. The molecule has 1 saturated heterocycles. The van der Waals surface area contributed by atoms with E-state index in [9.17, 15) is 9.18 Å². The predicted octanol–water partition coefficient (Wildman–Crippen LogP) is 1.66. The summed E-state index contributed by atoms with van der Waals surface area (Å²) in [6, 6.07) is 1.06. The Morgan fingerprint density at radius 1 is 1.52 bits per heavy atom. The predicted molar refractivity (Wildman–Crippen MR) is 73.6 cm³/mol. The van der Waals surface area contributed by atoms with Gasteiger partial charge >= 0.3 is 6.09 Å². The zero-order valence-corrected chi connectivity index (χ0v) is 11.8. The van der Waals surface area contributed by atoms with Gasteiger partial charge in [0.15, 0.2) is 11.6 Å². The minimum Gasteiger partial charge on any atom is -0.463 e. The van der Waals surface area contributed by atoms with Crippen molar-refractivity contribution in [3.8, 4) is 23.5 Å². The van der Waals surface area contributed by atoms with Crippen molar-refractivity contribution in [2.45, 2.75) is 18.9 Å². The average Bonchev–Trinajstić information content (AvgIpc) is 3.17. The second kappa shape index (κ2) is 6.41. The van der Waals surface area contributed by atoms with Gasteiger partial charge in [-0.1, -0.05) is 11.1 Å². The highest BCUT2D eigenvalue weighted by Gasteiger charge is 2.14. The molecule has 1 unspecified atom stereocenters. The lowest BCUT2D eigenvalue weighted by Gasteiger charge is -2.04. The zero-order valence-electron chi connectivity index (χ0n) is 11.8. The van der Waals surface area contributed by atoms with Gasteiger partial charge in [0, 0.05) is 12.7 Å². The average molecular weight is 318 g/mol. The monoisotopic (exact) mass is 318 g/mol. The summed E-state index contributed by atoms with van der Waals surface area (Å²) in [5.74, 6) is 4.60. The quantitative estimate of drug-likeness (QED) is 0.841. The van der Waals surface area contributed by atoms with Crippen molar-refractivity contribution in [3.05, 3.63) is 30.0 Å². The van der Waals surface area contributed by atoms with Crippen LogP contribution in [-0.4, -0.2) is 43.9 Å². The highest BCUT2D eigenvalue weighted by atomic mass is 19.1. The number of hydrogen-bond acceptors (Lipinski definition) is 6. The lowest BCUT2D eigenvalue weighted by Crippen LogP contribution is -2.11. The molecule has 0 saturated carbocycles. The van der Waals surface area contributed by atoms with E-state index in [0.29, 0.717) is 11.3 Å². The summed E-state index contributed by atoms with van der Waals surface area (Å²) in [7, 11) is 0. The van der Waals surface area contributed by atoms with Crippen LogP contribution in [-0.2, 0) is 4.74 Å². The van der Waals surface area contributed by atoms with E-state index in [2.05, 4.69) is 27.1 Å². The van der Waals surface area contributed by atoms with E-state index in [1.807, 2.05) is 0 Å². The van der Waals surface area contributed by atoms with Gasteiger partial charge in [0.25, 0.3) is 0 Å². The van der Waals surface area contributed by atoms with E-state index < -0.39 is 11.9 Å². The van der Waals surface area contributed by atoms with Crippen molar-refractivity contribution < 1.29 is 23.8 Å². The summed E-state index contributed by atoms with van der Waals surface area (Å²) in [6.07, 6.45) is 2.53. The van der Waals surface area contributed by atoms with E-state index in [1.54, 1.807) is 0 Å². The number of carbonyl (C=O) groups is 1. The molecule has 23 heavy (non-hydrogen) atoms. The largest absolute Gasteiger partial charge is 0.463 e. The fraction of sp³-hybridized carbons (Fsp3) is 0.286. The Bertz CT molecular complexity index is 790. The van der Waals surface area contributed by atoms with Crippen LogP contribution in [0.4, 0.5) is 9.18 Å². The molecule has 2 aromatic heterocycles. The number of nitrogens with zero attached hydrogens (tertiary/aromatic N) is 4. The lowest BCUT2D eigenvalue weighted by atomic mass is 10.2. The molecule has 3 heterocycles. The number of carboxylic acid groups (broad SMARTS) is 1. The molecule has 1 fully saturated rings. The Kier molecular flexibility index (Phi) is 4.16. The summed E-state index contributed by atoms with van der Waals surface area (Å²) < 4.78 is 25.0. The molecule has 0 spiro atoms. The van der Waals surface area contributed by atoms with Crippen molar-refractivity contribution >= 4 is 6.09 Å². The van der Waals surface area contributed by atoms with Crippen LogP contribution in [0.3, 0.4) is 0 Å². The maximum atomic E-state index is 14.0. The first-order chi connectivity index (χ1) is 11.1. The SMILES string of the molecule is O=C(O)n1nncc1Oc1cnc(C#CC2CCCO2)c(F)c1. The second-order valence-corrected chi connectivity index (χ2v) is 4.64. The number of halogens is 1. The van der Waals surface area contributed by atoms with Gasteiger partial charge in [0.1, 0.15) is 18.0 Å². The summed E-state index contributed by atoms with van der Waals surface area (Å²) >= 11 is 0. The maximum absolute atomic E-state index is 14.0. The van der Waals surface area contributed by atoms with Crippen molar-refractivity contribution in [2.24, 2.45) is 0 Å². The molecule has 0 aliphatic carbocycles. The van der Waals surface area contributed by atoms with Gasteiger partial charge in [-0.15, -0.1) is 9.78 Å². The number of pyridine rings is 1. The molecule has 1 aliphatic rings. The highest BCUT2D eigenvalue weighted by molar-refractivity contribution is 5.68. The molecule has 2 aromatic rings. The number of rotatable bonds is 2. The van der Waals surface area contributed by atoms with E-state index in [-0.39, 0.29) is 23.4 Å². The molecular formula is C14H11FN4O4. The fourth-order valence-corrected chi connectivity index (χ4v) is 1.96. The Balaban J connectivity index is 1.76. The van der Waals surface area contributed by atoms with Gasteiger partial charge in [-0.2, -0.15) is 0 Å². The Morgan fingerprint density at radius 2 is 2.39 bits per heavy atom. The summed E-state index contributed by atoms with van der Waals surface area (Å²) in [5, 5.41) is 15.6. The van der Waals surface area contributed by atoms with Gasteiger partial charge < -0.3 is 14.6 Å². The molecular weight excluding hydrogens is 307 g/mol. The molecule has 1 aliphatic heterocycles. The van der Waals surface area contributed by atoms with Crippen molar-refractivity contribution in [3.63, 3.8) is 0 Å². The van der Waals surface area contributed by atoms with E-state index >= 15 is 0 Å². The Hall–Kier alpha value is -2.99. The minimum absolute atomic E-state index is 0.00923. The Morgan fingerprint density at radius 3 is 3.09 bits per heavy atom. The van der Waals surface area contributed by atoms with Crippen LogP contribution in [0.15, 0.2) is 18.5 Å². The van der Waals surface area contributed by atoms with Crippen LogP contribution in [0.1, 0.15) is 18.5 Å². The third-order valence-electron chi connectivity index (χ3n) is 3.02. The normalized spacial score (nSPS) is 16.7. The van der Waals surface area contributed by atoms with E-state index in [0.717, 1.165) is 25.1 Å². The highest BCUT2D eigenvalue weighted by Crippen LogP contribution is 2.21. The van der Waals surface area contributed by atoms with Crippen LogP contribution in [0.25, 0.3) is 0 Å². The van der Waals surface area contributed by atoms with Crippen LogP contribution < -0.4 is 4.74 Å². The number of hydrogen-bond donors (Lipinski definition) is 1. The standard InChI is InChI=1S/C14H11FN4O4/c15-11-6-10(23-13-8-17-18-19(13)14(20)21)7-16-12(11)4-3-9-2-1-5-22-9/h6-9H,1-2,5H2,(H,20,21). The number of aromatic nitrogens is 4. The first-order valence-electron chi connectivity index (χ1n) is 6.74. The third kappa shape index (κ3) is 3.44. The molecule has 1 N–H and O–H groups in total. The smallest absolute Gasteiger partial charge is 0.436 e. The third-order valence-corrected chi connectivity index (χ3v) is 3.02. The lowest BCUT2D eigenvalue weighted by molar-refractivity contribution is 0.152. The van der Waals surface area contributed by atoms with Gasteiger partial charge in [-0.05, 0) is 18.8 Å². The summed E-state index contributed by atoms with van der Waals surface area (Å²) in [5.41, 5.74) is -0.0299. The summed E-state index contributed by atoms with van der Waals surface area (Å²) in [6.45, 7) is 0.660. The molecule has 0 amide bonds. The minimum atomic E-state index is -1.37. The topological polar surface area (TPSA) is 99.4 Å². The van der Waals surface area contributed by atoms with Gasteiger partial charge in [0.2, 0.25) is 5.88 Å². The molecule has 9 heteroatoms. The zero-order chi connectivity index (χ0) is 16.2. The van der Waals surface area contributed by atoms with Crippen molar-refractivity contribution in [1.82, 2.24) is 20.0 Å². The molecule has 118 valence electrons. The molecule has 1 atom stereocenters. The van der Waals surface area contributed by atoms with Crippen molar-refractivity contribution in [1.29, 1.82) is 0 Å². The van der Waals surface area contributed by atoms with Crippen molar-refractivity contribution in [2.75, 3.05) is 6.61 Å². The number of ether oxygens (including phenoxy) is 2. The molecule has 3 rings (SSSR count). The first-order valence-corrected chi connectivity index (χ1v) is 6.74. The van der Waals surface area contributed by atoms with E-state index in [4.69, 9.17) is 14.6 Å². The Labute approximate surface area is 129 Å². The second-order valence-electron chi connectivity index (χ2n) is 4.64. The van der Waals surface area contributed by atoms with Crippen LogP contribution in [0.2, 0.25) is 0 Å². The van der Waals surface area contributed by atoms with Crippen LogP contribution in [0.5, 0.6) is 11.6 Å². The van der Waals surface area contributed by atoms with Gasteiger partial charge in [-0.3, -0.25) is 0 Å². The van der Waals surface area contributed by atoms with Crippen LogP contribution in [0, 0.1) is 17.7 Å². The van der Waals surface area contributed by atoms with Gasteiger partial charge in [0.05, 0.1) is 6.20 Å².